The van der Waals surface area contributed by atoms with E-state index in [2.05, 4.69) is 5.32 Å². The monoisotopic (exact) mass is 353 g/mol. The fraction of sp³-hybridized carbons (Fsp3) is 0.267. The number of thiophene rings is 1. The Morgan fingerprint density at radius 2 is 2.22 bits per heavy atom. The summed E-state index contributed by atoms with van der Waals surface area (Å²) < 4.78 is 0. The first-order chi connectivity index (χ1) is 11.0. The van der Waals surface area contributed by atoms with Gasteiger partial charge >= 0.3 is 0 Å². The molecule has 122 valence electrons. The first-order valence-corrected chi connectivity index (χ1v) is 8.24. The molecule has 1 aromatic heterocycles. The zero-order valence-electron chi connectivity index (χ0n) is 12.5. The van der Waals surface area contributed by atoms with Crippen LogP contribution in [0.1, 0.15) is 11.8 Å². The van der Waals surface area contributed by atoms with Crippen LogP contribution in [0.25, 0.3) is 0 Å². The van der Waals surface area contributed by atoms with Crippen molar-refractivity contribution in [2.45, 2.75) is 13.5 Å². The topological polar surface area (TPSA) is 75.5 Å². The first-order valence-electron chi connectivity index (χ1n) is 6.98. The molecule has 0 saturated carbocycles. The number of amides is 1. The van der Waals surface area contributed by atoms with E-state index in [1.807, 2.05) is 29.3 Å². The molecule has 1 heterocycles. The van der Waals surface area contributed by atoms with Gasteiger partial charge < -0.3 is 5.32 Å². The summed E-state index contributed by atoms with van der Waals surface area (Å²) in [5.41, 5.74) is -0.0660. The van der Waals surface area contributed by atoms with Crippen LogP contribution in [0.4, 0.5) is 11.4 Å². The summed E-state index contributed by atoms with van der Waals surface area (Å²) >= 11 is 7.48. The molecule has 0 aliphatic heterocycles. The fourth-order valence-corrected chi connectivity index (χ4v) is 2.98. The molecule has 2 rings (SSSR count). The molecule has 1 N–H and O–H groups in total. The number of likely N-dealkylation sites (N-methyl/N-ethyl adjacent to an activating group) is 1. The molecule has 0 radical (unpaired) electrons. The highest BCUT2D eigenvalue weighted by Crippen LogP contribution is 2.27. The normalized spacial score (nSPS) is 10.7. The molecular formula is C15H16ClN3O3S. The Morgan fingerprint density at radius 3 is 2.83 bits per heavy atom. The summed E-state index contributed by atoms with van der Waals surface area (Å²) in [6.07, 6.45) is 0. The van der Waals surface area contributed by atoms with Crippen molar-refractivity contribution in [1.29, 1.82) is 0 Å². The third-order valence-electron chi connectivity index (χ3n) is 3.20. The summed E-state index contributed by atoms with van der Waals surface area (Å²) in [7, 11) is 0. The van der Waals surface area contributed by atoms with Crippen LogP contribution in [0, 0.1) is 10.1 Å². The van der Waals surface area contributed by atoms with Crippen LogP contribution in [-0.2, 0) is 11.3 Å². The van der Waals surface area contributed by atoms with E-state index in [9.17, 15) is 14.9 Å². The minimum absolute atomic E-state index is 0.111. The van der Waals surface area contributed by atoms with Crippen LogP contribution < -0.4 is 5.32 Å². The van der Waals surface area contributed by atoms with Crippen LogP contribution in [0.5, 0.6) is 0 Å². The molecule has 0 aliphatic carbocycles. The second-order valence-electron chi connectivity index (χ2n) is 4.85. The molecule has 0 saturated heterocycles. The molecule has 0 spiro atoms. The van der Waals surface area contributed by atoms with Gasteiger partial charge in [-0.3, -0.25) is 19.8 Å². The first kappa shape index (κ1) is 17.4. The number of hydrogen-bond acceptors (Lipinski definition) is 5. The van der Waals surface area contributed by atoms with Gasteiger partial charge in [-0.1, -0.05) is 24.6 Å². The molecule has 1 amide bonds. The molecule has 2 aromatic rings. The van der Waals surface area contributed by atoms with E-state index in [1.165, 1.54) is 18.2 Å². The van der Waals surface area contributed by atoms with Gasteiger partial charge in [-0.25, -0.2) is 0 Å². The van der Waals surface area contributed by atoms with E-state index in [4.69, 9.17) is 11.6 Å². The summed E-state index contributed by atoms with van der Waals surface area (Å²) in [5.74, 6) is -0.311. The van der Waals surface area contributed by atoms with E-state index < -0.39 is 4.92 Å². The smallest absolute Gasteiger partial charge is 0.292 e. The van der Waals surface area contributed by atoms with Gasteiger partial charge in [0.05, 0.1) is 11.5 Å². The Labute approximate surface area is 142 Å². The highest BCUT2D eigenvalue weighted by atomic mass is 35.5. The lowest BCUT2D eigenvalue weighted by atomic mass is 10.2. The van der Waals surface area contributed by atoms with Crippen molar-refractivity contribution in [3.8, 4) is 0 Å². The number of carbonyl (C=O) groups is 1. The summed E-state index contributed by atoms with van der Waals surface area (Å²) in [5, 5.41) is 15.9. The van der Waals surface area contributed by atoms with Gasteiger partial charge in [-0.15, -0.1) is 11.3 Å². The predicted octanol–water partition coefficient (Wildman–Crippen LogP) is 3.77. The number of nitrogens with zero attached hydrogens (tertiary/aromatic N) is 2. The summed E-state index contributed by atoms with van der Waals surface area (Å²) in [6.45, 7) is 3.48. The number of hydrogen-bond donors (Lipinski definition) is 1. The standard InChI is InChI=1S/C15H16ClN3O3S/c1-2-18(9-12-4-3-7-23-12)10-15(20)17-13-8-11(16)5-6-14(13)19(21)22/h3-8H,2,9-10H2,1H3,(H,17,20). The van der Waals surface area contributed by atoms with Crippen LogP contribution in [0.3, 0.4) is 0 Å². The minimum Gasteiger partial charge on any atom is -0.319 e. The van der Waals surface area contributed by atoms with E-state index in [-0.39, 0.29) is 23.8 Å². The molecule has 6 nitrogen and oxygen atoms in total. The van der Waals surface area contributed by atoms with Gasteiger partial charge in [0.1, 0.15) is 5.69 Å². The van der Waals surface area contributed by atoms with E-state index in [0.29, 0.717) is 18.1 Å². The second-order valence-corrected chi connectivity index (χ2v) is 6.32. The van der Waals surface area contributed by atoms with Crippen molar-refractivity contribution in [1.82, 2.24) is 4.90 Å². The molecule has 0 aliphatic rings. The van der Waals surface area contributed by atoms with Crippen LogP contribution >= 0.6 is 22.9 Å². The maximum atomic E-state index is 12.2. The zero-order chi connectivity index (χ0) is 16.8. The van der Waals surface area contributed by atoms with Crippen molar-refractivity contribution >= 4 is 40.2 Å². The largest absolute Gasteiger partial charge is 0.319 e. The van der Waals surface area contributed by atoms with Crippen LogP contribution in [-0.4, -0.2) is 28.8 Å². The van der Waals surface area contributed by atoms with Gasteiger partial charge in [0, 0.05) is 22.5 Å². The number of rotatable bonds is 7. The molecule has 0 atom stereocenters. The lowest BCUT2D eigenvalue weighted by Gasteiger charge is -2.19. The summed E-state index contributed by atoms with van der Waals surface area (Å²) in [6, 6.07) is 8.05. The van der Waals surface area contributed by atoms with Gasteiger partial charge in [0.25, 0.3) is 5.69 Å². The maximum absolute atomic E-state index is 12.2. The van der Waals surface area contributed by atoms with Crippen LogP contribution in [0.2, 0.25) is 5.02 Å². The third-order valence-corrected chi connectivity index (χ3v) is 4.30. The fourth-order valence-electron chi connectivity index (χ4n) is 2.06. The molecule has 0 bridgehead atoms. The second kappa shape index (κ2) is 8.05. The number of nitro groups is 1. The number of carbonyl (C=O) groups excluding carboxylic acids is 1. The molecule has 1 aromatic carbocycles. The number of anilines is 1. The Kier molecular flexibility index (Phi) is 6.09. The number of nitro benzene ring substituents is 1. The predicted molar refractivity (Wildman–Crippen MR) is 92.0 cm³/mol. The van der Waals surface area contributed by atoms with E-state index in [1.54, 1.807) is 11.3 Å². The Bertz CT molecular complexity index is 691. The van der Waals surface area contributed by atoms with Crippen molar-refractivity contribution in [2.75, 3.05) is 18.4 Å². The maximum Gasteiger partial charge on any atom is 0.292 e. The van der Waals surface area contributed by atoms with Gasteiger partial charge in [-0.05, 0) is 30.1 Å². The van der Waals surface area contributed by atoms with E-state index >= 15 is 0 Å². The summed E-state index contributed by atoms with van der Waals surface area (Å²) in [4.78, 5) is 25.8. The Balaban J connectivity index is 2.03. The van der Waals surface area contributed by atoms with Crippen LogP contribution in [0.15, 0.2) is 35.7 Å². The average molecular weight is 354 g/mol. The lowest BCUT2D eigenvalue weighted by molar-refractivity contribution is -0.383. The quantitative estimate of drug-likeness (QED) is 0.607. The molecule has 0 fully saturated rings. The van der Waals surface area contributed by atoms with Crippen molar-refractivity contribution in [3.05, 3.63) is 55.7 Å². The average Bonchev–Trinajstić information content (AvgIpc) is 2.99. The SMILES string of the molecule is CCN(CC(=O)Nc1cc(Cl)ccc1[N+](=O)[O-])Cc1cccs1. The Hall–Kier alpha value is -1.96. The molecular weight excluding hydrogens is 338 g/mol. The van der Waals surface area contributed by atoms with Gasteiger partial charge in [0.2, 0.25) is 5.91 Å². The minimum atomic E-state index is -0.546. The molecule has 8 heteroatoms. The Morgan fingerprint density at radius 1 is 1.43 bits per heavy atom. The van der Waals surface area contributed by atoms with Gasteiger partial charge in [0.15, 0.2) is 0 Å². The van der Waals surface area contributed by atoms with Crippen molar-refractivity contribution in [3.63, 3.8) is 0 Å². The lowest BCUT2D eigenvalue weighted by Crippen LogP contribution is -2.32. The highest BCUT2D eigenvalue weighted by Gasteiger charge is 2.17. The zero-order valence-corrected chi connectivity index (χ0v) is 14.1. The number of halogens is 1. The van der Waals surface area contributed by atoms with Crippen molar-refractivity contribution < 1.29 is 9.72 Å². The van der Waals surface area contributed by atoms with E-state index in [0.717, 1.165) is 4.88 Å². The van der Waals surface area contributed by atoms with Crippen molar-refractivity contribution in [2.24, 2.45) is 0 Å². The number of benzene rings is 1. The van der Waals surface area contributed by atoms with Gasteiger partial charge in [-0.2, -0.15) is 0 Å². The third kappa shape index (κ3) is 5.02. The molecule has 23 heavy (non-hydrogen) atoms. The highest BCUT2D eigenvalue weighted by molar-refractivity contribution is 7.09. The molecule has 0 unspecified atom stereocenters. The number of nitrogens with one attached hydrogen (secondary N) is 1.